The maximum atomic E-state index is 6.01. The van der Waals surface area contributed by atoms with E-state index in [0.29, 0.717) is 6.54 Å². The van der Waals surface area contributed by atoms with E-state index in [9.17, 15) is 0 Å². The van der Waals surface area contributed by atoms with Crippen LogP contribution in [0.25, 0.3) is 0 Å². The zero-order chi connectivity index (χ0) is 12.8. The molecule has 0 aliphatic carbocycles. The Balaban J connectivity index is 2.16. The summed E-state index contributed by atoms with van der Waals surface area (Å²) >= 11 is 3.44. The van der Waals surface area contributed by atoms with Crippen molar-refractivity contribution in [1.29, 1.82) is 0 Å². The summed E-state index contributed by atoms with van der Waals surface area (Å²) in [6.45, 7) is 0.605. The number of halogens is 1. The molecule has 2 rings (SSSR count). The van der Waals surface area contributed by atoms with Crippen molar-refractivity contribution in [3.05, 3.63) is 64.6 Å². The normalized spacial score (nSPS) is 12.1. The quantitative estimate of drug-likeness (QED) is 0.908. The Hall–Kier alpha value is -1.32. The minimum atomic E-state index is 0.00509. The second-order valence-corrected chi connectivity index (χ2v) is 4.97. The standard InChI is InChI=1S/C15H16BrNO/c16-13-7-4-8-14(11-13)18-15(9-10-17)12-5-2-1-3-6-12/h1-8,11,15H,9-10,17H2. The first kappa shape index (κ1) is 13.1. The van der Waals surface area contributed by atoms with Crippen LogP contribution in [0.15, 0.2) is 59.1 Å². The van der Waals surface area contributed by atoms with Gasteiger partial charge in [-0.1, -0.05) is 52.3 Å². The Kier molecular flexibility index (Phi) is 4.79. The molecule has 0 bridgehead atoms. The van der Waals surface area contributed by atoms with E-state index < -0.39 is 0 Å². The van der Waals surface area contributed by atoms with Crippen molar-refractivity contribution in [2.45, 2.75) is 12.5 Å². The summed E-state index contributed by atoms with van der Waals surface area (Å²) in [6, 6.07) is 18.0. The summed E-state index contributed by atoms with van der Waals surface area (Å²) in [4.78, 5) is 0. The molecule has 0 aliphatic heterocycles. The molecule has 0 spiro atoms. The average Bonchev–Trinajstić information content (AvgIpc) is 2.39. The van der Waals surface area contributed by atoms with Gasteiger partial charge in [-0.25, -0.2) is 0 Å². The van der Waals surface area contributed by atoms with Gasteiger partial charge >= 0.3 is 0 Å². The SMILES string of the molecule is NCCC(Oc1cccc(Br)c1)c1ccccc1. The highest BCUT2D eigenvalue weighted by atomic mass is 79.9. The highest BCUT2D eigenvalue weighted by Crippen LogP contribution is 2.26. The summed E-state index contributed by atoms with van der Waals surface area (Å²) in [5.74, 6) is 0.853. The zero-order valence-corrected chi connectivity index (χ0v) is 11.6. The number of hydrogen-bond acceptors (Lipinski definition) is 2. The van der Waals surface area contributed by atoms with E-state index >= 15 is 0 Å². The van der Waals surface area contributed by atoms with Gasteiger partial charge in [0.05, 0.1) is 0 Å². The summed E-state index contributed by atoms with van der Waals surface area (Å²) in [5.41, 5.74) is 6.82. The molecule has 2 nitrogen and oxygen atoms in total. The lowest BCUT2D eigenvalue weighted by atomic mass is 10.1. The van der Waals surface area contributed by atoms with Crippen molar-refractivity contribution in [2.24, 2.45) is 5.73 Å². The van der Waals surface area contributed by atoms with Crippen molar-refractivity contribution >= 4 is 15.9 Å². The van der Waals surface area contributed by atoms with Crippen LogP contribution >= 0.6 is 15.9 Å². The van der Waals surface area contributed by atoms with Gasteiger partial charge in [0.25, 0.3) is 0 Å². The maximum absolute atomic E-state index is 6.01. The largest absolute Gasteiger partial charge is 0.486 e. The lowest BCUT2D eigenvalue weighted by Gasteiger charge is -2.19. The van der Waals surface area contributed by atoms with Crippen molar-refractivity contribution in [1.82, 2.24) is 0 Å². The van der Waals surface area contributed by atoms with Gasteiger partial charge in [0.2, 0.25) is 0 Å². The molecule has 0 saturated heterocycles. The monoisotopic (exact) mass is 305 g/mol. The van der Waals surface area contributed by atoms with Gasteiger partial charge in [0.15, 0.2) is 0 Å². The third-order valence-electron chi connectivity index (χ3n) is 2.67. The minimum Gasteiger partial charge on any atom is -0.486 e. The van der Waals surface area contributed by atoms with Gasteiger partial charge in [0, 0.05) is 10.9 Å². The summed E-state index contributed by atoms with van der Waals surface area (Å²) in [5, 5.41) is 0. The molecule has 0 heterocycles. The second kappa shape index (κ2) is 6.57. The van der Waals surface area contributed by atoms with Gasteiger partial charge in [-0.2, -0.15) is 0 Å². The van der Waals surface area contributed by atoms with Crippen molar-refractivity contribution in [2.75, 3.05) is 6.54 Å². The molecule has 0 saturated carbocycles. The smallest absolute Gasteiger partial charge is 0.125 e. The Bertz CT molecular complexity index is 487. The maximum Gasteiger partial charge on any atom is 0.125 e. The van der Waals surface area contributed by atoms with E-state index in [1.165, 1.54) is 0 Å². The molecule has 0 aromatic heterocycles. The fraction of sp³-hybridized carbons (Fsp3) is 0.200. The molecule has 0 fully saturated rings. The van der Waals surface area contributed by atoms with Crippen LogP contribution in [0.3, 0.4) is 0 Å². The van der Waals surface area contributed by atoms with E-state index in [4.69, 9.17) is 10.5 Å². The third-order valence-corrected chi connectivity index (χ3v) is 3.17. The molecule has 2 aromatic rings. The predicted octanol–water partition coefficient (Wildman–Crippen LogP) is 3.92. The van der Waals surface area contributed by atoms with Crippen LogP contribution in [0.5, 0.6) is 5.75 Å². The Morgan fingerprint density at radius 1 is 1.06 bits per heavy atom. The lowest BCUT2D eigenvalue weighted by molar-refractivity contribution is 0.197. The number of nitrogens with two attached hydrogens (primary N) is 1. The molecule has 2 aromatic carbocycles. The molecular weight excluding hydrogens is 290 g/mol. The lowest BCUT2D eigenvalue weighted by Crippen LogP contribution is -2.13. The van der Waals surface area contributed by atoms with Crippen LogP contribution in [-0.2, 0) is 0 Å². The molecule has 0 aliphatic rings. The zero-order valence-electron chi connectivity index (χ0n) is 10.1. The molecule has 1 unspecified atom stereocenters. The molecule has 0 radical (unpaired) electrons. The average molecular weight is 306 g/mol. The van der Waals surface area contributed by atoms with Crippen molar-refractivity contribution in [3.63, 3.8) is 0 Å². The summed E-state index contributed by atoms with van der Waals surface area (Å²) < 4.78 is 7.03. The van der Waals surface area contributed by atoms with Gasteiger partial charge in [0.1, 0.15) is 11.9 Å². The van der Waals surface area contributed by atoms with Gasteiger partial charge < -0.3 is 10.5 Å². The van der Waals surface area contributed by atoms with Crippen LogP contribution in [0.4, 0.5) is 0 Å². The molecular formula is C15H16BrNO. The first-order valence-electron chi connectivity index (χ1n) is 5.97. The molecule has 3 heteroatoms. The van der Waals surface area contributed by atoms with Gasteiger partial charge in [-0.15, -0.1) is 0 Å². The summed E-state index contributed by atoms with van der Waals surface area (Å²) in [6.07, 6.45) is 0.807. The molecule has 2 N–H and O–H groups in total. The molecule has 18 heavy (non-hydrogen) atoms. The molecule has 94 valence electrons. The van der Waals surface area contributed by atoms with E-state index in [2.05, 4.69) is 28.1 Å². The minimum absolute atomic E-state index is 0.00509. The fourth-order valence-corrected chi connectivity index (χ4v) is 2.20. The van der Waals surface area contributed by atoms with Crippen molar-refractivity contribution < 1.29 is 4.74 Å². The number of benzene rings is 2. The Labute approximate surface area is 116 Å². The fourth-order valence-electron chi connectivity index (χ4n) is 1.82. The van der Waals surface area contributed by atoms with Gasteiger partial charge in [-0.05, 0) is 30.3 Å². The molecule has 0 amide bonds. The van der Waals surface area contributed by atoms with Crippen LogP contribution in [0, 0.1) is 0 Å². The highest BCUT2D eigenvalue weighted by Gasteiger charge is 2.12. The van der Waals surface area contributed by atoms with Crippen LogP contribution in [0.1, 0.15) is 18.1 Å². The van der Waals surface area contributed by atoms with E-state index in [0.717, 1.165) is 22.2 Å². The van der Waals surface area contributed by atoms with E-state index in [-0.39, 0.29) is 6.10 Å². The molecule has 1 atom stereocenters. The van der Waals surface area contributed by atoms with Gasteiger partial charge in [-0.3, -0.25) is 0 Å². The van der Waals surface area contributed by atoms with Crippen LogP contribution in [0.2, 0.25) is 0 Å². The van der Waals surface area contributed by atoms with Crippen LogP contribution < -0.4 is 10.5 Å². The number of ether oxygens (including phenoxy) is 1. The first-order valence-corrected chi connectivity index (χ1v) is 6.76. The Morgan fingerprint density at radius 2 is 1.83 bits per heavy atom. The Morgan fingerprint density at radius 3 is 2.50 bits per heavy atom. The first-order chi connectivity index (χ1) is 8.79. The topological polar surface area (TPSA) is 35.2 Å². The van der Waals surface area contributed by atoms with E-state index in [1.54, 1.807) is 0 Å². The van der Waals surface area contributed by atoms with Crippen molar-refractivity contribution in [3.8, 4) is 5.75 Å². The predicted molar refractivity (Wildman–Crippen MR) is 77.6 cm³/mol. The van der Waals surface area contributed by atoms with E-state index in [1.807, 2.05) is 42.5 Å². The number of hydrogen-bond donors (Lipinski definition) is 1. The second-order valence-electron chi connectivity index (χ2n) is 4.05. The third kappa shape index (κ3) is 3.59. The summed E-state index contributed by atoms with van der Waals surface area (Å²) in [7, 11) is 0. The number of rotatable bonds is 5. The van der Waals surface area contributed by atoms with Crippen LogP contribution in [-0.4, -0.2) is 6.54 Å². The highest BCUT2D eigenvalue weighted by molar-refractivity contribution is 9.10.